The highest BCUT2D eigenvalue weighted by Crippen LogP contribution is 2.28. The van der Waals surface area contributed by atoms with Crippen molar-refractivity contribution in [3.8, 4) is 11.5 Å². The summed E-state index contributed by atoms with van der Waals surface area (Å²) in [5.74, 6) is 1.22. The normalized spacial score (nSPS) is 15.3. The number of carbonyl (C=O) groups excluding carboxylic acids is 1. The molecule has 1 amide bonds. The van der Waals surface area contributed by atoms with Crippen molar-refractivity contribution in [2.45, 2.75) is 0 Å². The Hall–Kier alpha value is -1.75. The molecule has 1 radical (unpaired) electrons. The minimum Gasteiger partial charge on any atom is -0.493 e. The molecule has 18 heavy (non-hydrogen) atoms. The third-order valence-corrected chi connectivity index (χ3v) is 2.97. The summed E-state index contributed by atoms with van der Waals surface area (Å²) >= 11 is 0. The Morgan fingerprint density at radius 3 is 2.44 bits per heavy atom. The van der Waals surface area contributed by atoms with Crippen molar-refractivity contribution in [3.05, 3.63) is 23.8 Å². The van der Waals surface area contributed by atoms with E-state index in [9.17, 15) is 4.79 Å². The zero-order valence-corrected chi connectivity index (χ0v) is 10.7. The van der Waals surface area contributed by atoms with Crippen LogP contribution in [0.5, 0.6) is 11.5 Å². The van der Waals surface area contributed by atoms with Crippen molar-refractivity contribution in [2.75, 3.05) is 40.4 Å². The van der Waals surface area contributed by atoms with Gasteiger partial charge in [0.1, 0.15) is 0 Å². The van der Waals surface area contributed by atoms with Gasteiger partial charge in [-0.3, -0.25) is 4.79 Å². The number of piperazine rings is 1. The first-order chi connectivity index (χ1) is 8.76. The lowest BCUT2D eigenvalue weighted by molar-refractivity contribution is 0.0734. The van der Waals surface area contributed by atoms with E-state index in [0.717, 1.165) is 13.1 Å². The van der Waals surface area contributed by atoms with Crippen LogP contribution in [-0.4, -0.2) is 51.2 Å². The van der Waals surface area contributed by atoms with Crippen LogP contribution in [-0.2, 0) is 0 Å². The van der Waals surface area contributed by atoms with Crippen LogP contribution >= 0.6 is 0 Å². The second-order valence-corrected chi connectivity index (χ2v) is 4.03. The molecule has 0 unspecified atom stereocenters. The first kappa shape index (κ1) is 12.7. The van der Waals surface area contributed by atoms with Crippen molar-refractivity contribution < 1.29 is 14.3 Å². The maximum Gasteiger partial charge on any atom is 0.254 e. The topological polar surface area (TPSA) is 52.9 Å². The third kappa shape index (κ3) is 2.56. The summed E-state index contributed by atoms with van der Waals surface area (Å²) in [4.78, 5) is 14.1. The molecule has 1 aliphatic rings. The molecule has 1 aromatic rings. The highest BCUT2D eigenvalue weighted by atomic mass is 16.5. The van der Waals surface area contributed by atoms with Crippen LogP contribution in [0.4, 0.5) is 0 Å². The summed E-state index contributed by atoms with van der Waals surface area (Å²) in [6.07, 6.45) is 0. The van der Waals surface area contributed by atoms with E-state index in [4.69, 9.17) is 9.47 Å². The molecule has 0 atom stereocenters. The van der Waals surface area contributed by atoms with E-state index in [-0.39, 0.29) is 5.91 Å². The van der Waals surface area contributed by atoms with Gasteiger partial charge in [-0.15, -0.1) is 0 Å². The Morgan fingerprint density at radius 2 is 1.83 bits per heavy atom. The molecule has 1 saturated heterocycles. The zero-order valence-electron chi connectivity index (χ0n) is 10.7. The number of methoxy groups -OCH3 is 2. The van der Waals surface area contributed by atoms with Crippen LogP contribution in [0.2, 0.25) is 0 Å². The summed E-state index contributed by atoms with van der Waals surface area (Å²) in [5.41, 5.74) is 0.620. The van der Waals surface area contributed by atoms with Gasteiger partial charge in [-0.1, -0.05) is 0 Å². The molecule has 97 valence electrons. The fourth-order valence-electron chi connectivity index (χ4n) is 1.96. The van der Waals surface area contributed by atoms with Crippen molar-refractivity contribution >= 4 is 5.91 Å². The average Bonchev–Trinajstić information content (AvgIpc) is 2.46. The van der Waals surface area contributed by atoms with E-state index in [0.29, 0.717) is 30.2 Å². The lowest BCUT2D eigenvalue weighted by atomic mass is 10.1. The van der Waals surface area contributed by atoms with Gasteiger partial charge in [0.25, 0.3) is 5.91 Å². The number of nitrogens with zero attached hydrogens (tertiary/aromatic N) is 2. The van der Waals surface area contributed by atoms with Gasteiger partial charge in [-0.05, 0) is 18.2 Å². The van der Waals surface area contributed by atoms with Gasteiger partial charge in [0, 0.05) is 31.7 Å². The SMILES string of the molecule is COc1ccc(C(=O)N2CC[N]CC2)cc1OC. The summed E-state index contributed by atoms with van der Waals surface area (Å²) in [7, 11) is 3.14. The van der Waals surface area contributed by atoms with Crippen molar-refractivity contribution in [2.24, 2.45) is 0 Å². The Balaban J connectivity index is 2.19. The Bertz CT molecular complexity index is 428. The largest absolute Gasteiger partial charge is 0.493 e. The van der Waals surface area contributed by atoms with Crippen LogP contribution in [0.3, 0.4) is 0 Å². The fourth-order valence-corrected chi connectivity index (χ4v) is 1.96. The van der Waals surface area contributed by atoms with Gasteiger partial charge >= 0.3 is 0 Å². The van der Waals surface area contributed by atoms with Gasteiger partial charge in [0.2, 0.25) is 0 Å². The van der Waals surface area contributed by atoms with Crippen molar-refractivity contribution in [1.82, 2.24) is 10.2 Å². The highest BCUT2D eigenvalue weighted by Gasteiger charge is 2.19. The molecule has 0 spiro atoms. The van der Waals surface area contributed by atoms with E-state index < -0.39 is 0 Å². The number of amides is 1. The summed E-state index contributed by atoms with van der Waals surface area (Å²) in [6.45, 7) is 2.82. The predicted molar refractivity (Wildman–Crippen MR) is 67.3 cm³/mol. The van der Waals surface area contributed by atoms with Crippen LogP contribution in [0.1, 0.15) is 10.4 Å². The number of rotatable bonds is 3. The fraction of sp³-hybridized carbons (Fsp3) is 0.462. The van der Waals surface area contributed by atoms with Gasteiger partial charge in [0.05, 0.1) is 14.2 Å². The van der Waals surface area contributed by atoms with Crippen LogP contribution in [0.15, 0.2) is 18.2 Å². The van der Waals surface area contributed by atoms with E-state index in [1.165, 1.54) is 0 Å². The van der Waals surface area contributed by atoms with Crippen LogP contribution in [0, 0.1) is 0 Å². The first-order valence-electron chi connectivity index (χ1n) is 5.91. The minimum absolute atomic E-state index is 0.0193. The molecule has 1 heterocycles. The molecule has 0 aromatic heterocycles. The second-order valence-electron chi connectivity index (χ2n) is 4.03. The molecular formula is C13H17N2O3. The summed E-state index contributed by atoms with van der Waals surface area (Å²) in [6, 6.07) is 5.22. The number of carbonyl (C=O) groups is 1. The minimum atomic E-state index is 0.0193. The van der Waals surface area contributed by atoms with Gasteiger partial charge < -0.3 is 14.4 Å². The number of hydrogen-bond donors (Lipinski definition) is 0. The van der Waals surface area contributed by atoms with Crippen molar-refractivity contribution in [1.29, 1.82) is 0 Å². The van der Waals surface area contributed by atoms with Crippen LogP contribution < -0.4 is 14.8 Å². The summed E-state index contributed by atoms with van der Waals surface area (Å²) in [5, 5.41) is 4.23. The Kier molecular flexibility index (Phi) is 4.04. The number of ether oxygens (including phenoxy) is 2. The van der Waals surface area contributed by atoms with Gasteiger partial charge in [-0.25, -0.2) is 5.32 Å². The second kappa shape index (κ2) is 5.73. The summed E-state index contributed by atoms with van der Waals surface area (Å²) < 4.78 is 10.4. The molecular weight excluding hydrogens is 232 g/mol. The molecule has 1 aliphatic heterocycles. The standard InChI is InChI=1S/C13H17N2O3/c1-17-11-4-3-10(9-12(11)18-2)13(16)15-7-5-14-6-8-15/h3-4,9H,5-8H2,1-2H3. The smallest absolute Gasteiger partial charge is 0.254 e. The molecule has 0 N–H and O–H groups in total. The molecule has 2 rings (SSSR count). The number of benzene rings is 1. The average molecular weight is 249 g/mol. The molecule has 0 aliphatic carbocycles. The molecule has 5 heteroatoms. The Morgan fingerprint density at radius 1 is 1.17 bits per heavy atom. The molecule has 5 nitrogen and oxygen atoms in total. The van der Waals surface area contributed by atoms with Crippen molar-refractivity contribution in [3.63, 3.8) is 0 Å². The monoisotopic (exact) mass is 249 g/mol. The van der Waals surface area contributed by atoms with E-state index in [1.807, 2.05) is 4.90 Å². The first-order valence-corrected chi connectivity index (χ1v) is 5.91. The van der Waals surface area contributed by atoms with Gasteiger partial charge in [-0.2, -0.15) is 0 Å². The van der Waals surface area contributed by atoms with Gasteiger partial charge in [0.15, 0.2) is 11.5 Å². The molecule has 0 bridgehead atoms. The predicted octanol–water partition coefficient (Wildman–Crippen LogP) is 0.764. The molecule has 1 fully saturated rings. The van der Waals surface area contributed by atoms with E-state index >= 15 is 0 Å². The van der Waals surface area contributed by atoms with E-state index in [2.05, 4.69) is 5.32 Å². The van der Waals surface area contributed by atoms with E-state index in [1.54, 1.807) is 32.4 Å². The van der Waals surface area contributed by atoms with Crippen LogP contribution in [0.25, 0.3) is 0 Å². The lowest BCUT2D eigenvalue weighted by Crippen LogP contribution is -2.43. The number of hydrogen-bond acceptors (Lipinski definition) is 3. The molecule has 1 aromatic carbocycles. The zero-order chi connectivity index (χ0) is 13.0. The maximum absolute atomic E-state index is 12.3. The maximum atomic E-state index is 12.3. The lowest BCUT2D eigenvalue weighted by Gasteiger charge is -2.26. The third-order valence-electron chi connectivity index (χ3n) is 2.97. The quantitative estimate of drug-likeness (QED) is 0.795. The highest BCUT2D eigenvalue weighted by molar-refractivity contribution is 5.95. The molecule has 0 saturated carbocycles. The Labute approximate surface area is 107 Å².